The minimum atomic E-state index is -0.415. The molecule has 0 fully saturated rings. The number of rotatable bonds is 4. The molecule has 0 unspecified atom stereocenters. The fourth-order valence-electron chi connectivity index (χ4n) is 1.35. The molecule has 2 heterocycles. The minimum Gasteiger partial charge on any atom is -0.465 e. The van der Waals surface area contributed by atoms with Gasteiger partial charge in [-0.1, -0.05) is 11.8 Å². The van der Waals surface area contributed by atoms with Gasteiger partial charge in [-0.2, -0.15) is 0 Å². The highest BCUT2D eigenvalue weighted by atomic mass is 32.2. The Morgan fingerprint density at radius 2 is 2.32 bits per heavy atom. The maximum absolute atomic E-state index is 11.2. The number of ether oxygens (including phenoxy) is 1. The molecule has 0 spiro atoms. The number of esters is 1. The van der Waals surface area contributed by atoms with Crippen molar-refractivity contribution in [3.05, 3.63) is 40.1 Å². The molecule has 0 aliphatic heterocycles. The van der Waals surface area contributed by atoms with Crippen molar-refractivity contribution in [3.8, 4) is 0 Å². The van der Waals surface area contributed by atoms with E-state index < -0.39 is 5.97 Å². The largest absolute Gasteiger partial charge is 0.465 e. The van der Waals surface area contributed by atoms with Crippen LogP contribution in [-0.2, 0) is 17.5 Å². The zero-order valence-corrected chi connectivity index (χ0v) is 11.2. The molecule has 7 nitrogen and oxygen atoms in total. The Labute approximate surface area is 113 Å². The van der Waals surface area contributed by atoms with Crippen molar-refractivity contribution in [2.45, 2.75) is 10.9 Å². The fraction of sp³-hybridized carbons (Fsp3) is 0.273. The molecule has 19 heavy (non-hydrogen) atoms. The second-order valence-corrected chi connectivity index (χ2v) is 4.63. The second kappa shape index (κ2) is 5.70. The quantitative estimate of drug-likeness (QED) is 0.651. The molecule has 0 amide bonds. The summed E-state index contributed by atoms with van der Waals surface area (Å²) in [5, 5.41) is 6.82. The van der Waals surface area contributed by atoms with Gasteiger partial charge in [-0.05, 0) is 12.1 Å². The van der Waals surface area contributed by atoms with Crippen molar-refractivity contribution in [1.29, 1.82) is 0 Å². The normalized spacial score (nSPS) is 10.4. The Kier molecular flexibility index (Phi) is 4.00. The van der Waals surface area contributed by atoms with Crippen LogP contribution in [-0.4, -0.2) is 32.8 Å². The lowest BCUT2D eigenvalue weighted by Crippen LogP contribution is -2.12. The molecule has 100 valence electrons. The summed E-state index contributed by atoms with van der Waals surface area (Å²) >= 11 is 1.38. The van der Waals surface area contributed by atoms with E-state index in [9.17, 15) is 9.59 Å². The number of carbonyl (C=O) groups excluding carboxylic acids is 1. The first-order valence-corrected chi connectivity index (χ1v) is 6.38. The van der Waals surface area contributed by atoms with E-state index >= 15 is 0 Å². The van der Waals surface area contributed by atoms with E-state index in [2.05, 4.69) is 19.9 Å². The van der Waals surface area contributed by atoms with E-state index in [1.807, 2.05) is 0 Å². The maximum atomic E-state index is 11.2. The van der Waals surface area contributed by atoms with Crippen LogP contribution in [0.3, 0.4) is 0 Å². The third-order valence-corrected chi connectivity index (χ3v) is 3.50. The second-order valence-electron chi connectivity index (χ2n) is 3.69. The molecule has 0 radical (unpaired) electrons. The lowest BCUT2D eigenvalue weighted by molar-refractivity contribution is 0.0600. The summed E-state index contributed by atoms with van der Waals surface area (Å²) in [5.74, 6) is 0.140. The molecule has 2 aromatic rings. The van der Waals surface area contributed by atoms with Crippen LogP contribution in [0.5, 0.6) is 0 Å². The molecule has 1 N–H and O–H groups in total. The zero-order chi connectivity index (χ0) is 13.8. The van der Waals surface area contributed by atoms with Gasteiger partial charge in [-0.3, -0.25) is 9.55 Å². The number of carbonyl (C=O) groups is 1. The van der Waals surface area contributed by atoms with Crippen molar-refractivity contribution >= 4 is 17.7 Å². The van der Waals surface area contributed by atoms with Gasteiger partial charge in [0.2, 0.25) is 0 Å². The first-order valence-electron chi connectivity index (χ1n) is 5.39. The third-order valence-electron chi connectivity index (χ3n) is 2.43. The molecular formula is C11H12N4O3S. The molecule has 2 rings (SSSR count). The maximum Gasteiger partial charge on any atom is 0.343 e. The standard InChI is InChI=1S/C11H12N4O3S/c1-15-10(17)13-14-11(15)19-6-8-4-3-7(5-12-8)9(16)18-2/h3-5H,6H2,1-2H3,(H,13,17). The number of pyridine rings is 1. The molecule has 2 aromatic heterocycles. The lowest BCUT2D eigenvalue weighted by atomic mass is 10.2. The van der Waals surface area contributed by atoms with E-state index in [0.29, 0.717) is 16.5 Å². The number of thioether (sulfide) groups is 1. The number of aromatic amines is 1. The van der Waals surface area contributed by atoms with E-state index in [4.69, 9.17) is 0 Å². The Bertz CT molecular complexity index is 632. The van der Waals surface area contributed by atoms with E-state index in [1.54, 1.807) is 19.2 Å². The number of hydrogen-bond acceptors (Lipinski definition) is 6. The van der Waals surface area contributed by atoms with Crippen LogP contribution in [0.2, 0.25) is 0 Å². The Morgan fingerprint density at radius 1 is 1.53 bits per heavy atom. The van der Waals surface area contributed by atoms with Gasteiger partial charge in [-0.15, -0.1) is 5.10 Å². The number of hydrogen-bond donors (Lipinski definition) is 1. The number of methoxy groups -OCH3 is 1. The topological polar surface area (TPSA) is 89.9 Å². The highest BCUT2D eigenvalue weighted by Gasteiger charge is 2.08. The summed E-state index contributed by atoms with van der Waals surface area (Å²) in [6.45, 7) is 0. The highest BCUT2D eigenvalue weighted by Crippen LogP contribution is 2.17. The third kappa shape index (κ3) is 3.02. The van der Waals surface area contributed by atoms with Crippen LogP contribution >= 0.6 is 11.8 Å². The van der Waals surface area contributed by atoms with Crippen molar-refractivity contribution in [1.82, 2.24) is 19.7 Å². The van der Waals surface area contributed by atoms with Crippen LogP contribution in [0.4, 0.5) is 0 Å². The van der Waals surface area contributed by atoms with Crippen molar-refractivity contribution < 1.29 is 9.53 Å². The zero-order valence-electron chi connectivity index (χ0n) is 10.4. The summed E-state index contributed by atoms with van der Waals surface area (Å²) in [6.07, 6.45) is 1.46. The van der Waals surface area contributed by atoms with Crippen molar-refractivity contribution in [3.63, 3.8) is 0 Å². The monoisotopic (exact) mass is 280 g/mol. The predicted octanol–water partition coefficient (Wildman–Crippen LogP) is 0.582. The Morgan fingerprint density at radius 3 is 2.84 bits per heavy atom. The minimum absolute atomic E-state index is 0.253. The summed E-state index contributed by atoms with van der Waals surface area (Å²) in [6, 6.07) is 3.39. The average Bonchev–Trinajstić information content (AvgIpc) is 2.76. The van der Waals surface area contributed by atoms with E-state index in [-0.39, 0.29) is 5.69 Å². The van der Waals surface area contributed by atoms with Crippen molar-refractivity contribution in [2.75, 3.05) is 7.11 Å². The Hall–Kier alpha value is -2.09. The van der Waals surface area contributed by atoms with E-state index in [1.165, 1.54) is 29.6 Å². The molecule has 8 heteroatoms. The van der Waals surface area contributed by atoms with E-state index in [0.717, 1.165) is 5.69 Å². The van der Waals surface area contributed by atoms with Gasteiger partial charge in [0.25, 0.3) is 0 Å². The molecule has 0 aliphatic rings. The van der Waals surface area contributed by atoms with Gasteiger partial charge in [-0.25, -0.2) is 14.7 Å². The van der Waals surface area contributed by atoms with Gasteiger partial charge in [0.05, 0.1) is 18.4 Å². The van der Waals surface area contributed by atoms with Crippen LogP contribution in [0.25, 0.3) is 0 Å². The van der Waals surface area contributed by atoms with Gasteiger partial charge in [0.1, 0.15) is 0 Å². The fourth-order valence-corrected chi connectivity index (χ4v) is 2.18. The Balaban J connectivity index is 2.02. The SMILES string of the molecule is COC(=O)c1ccc(CSc2n[nH]c(=O)n2C)nc1. The summed E-state index contributed by atoms with van der Waals surface area (Å²) < 4.78 is 6.01. The molecule has 0 saturated heterocycles. The number of nitrogens with one attached hydrogen (secondary N) is 1. The molecule has 0 atom stereocenters. The van der Waals surface area contributed by atoms with Crippen LogP contribution in [0, 0.1) is 0 Å². The smallest absolute Gasteiger partial charge is 0.343 e. The van der Waals surface area contributed by atoms with Crippen LogP contribution < -0.4 is 5.69 Å². The molecule has 0 saturated carbocycles. The molecule has 0 aromatic carbocycles. The highest BCUT2D eigenvalue weighted by molar-refractivity contribution is 7.98. The number of aromatic nitrogens is 4. The first kappa shape index (κ1) is 13.3. The molecule has 0 aliphatic carbocycles. The lowest BCUT2D eigenvalue weighted by Gasteiger charge is -2.02. The van der Waals surface area contributed by atoms with Gasteiger partial charge >= 0.3 is 11.7 Å². The summed E-state index contributed by atoms with van der Waals surface area (Å²) in [5.41, 5.74) is 0.938. The van der Waals surface area contributed by atoms with Gasteiger partial charge < -0.3 is 4.74 Å². The van der Waals surface area contributed by atoms with Crippen LogP contribution in [0.15, 0.2) is 28.3 Å². The van der Waals surface area contributed by atoms with Crippen LogP contribution in [0.1, 0.15) is 16.1 Å². The van der Waals surface area contributed by atoms with Gasteiger partial charge in [0.15, 0.2) is 5.16 Å². The average molecular weight is 280 g/mol. The molecule has 0 bridgehead atoms. The number of H-pyrrole nitrogens is 1. The predicted molar refractivity (Wildman–Crippen MR) is 69.0 cm³/mol. The number of nitrogens with zero attached hydrogens (tertiary/aromatic N) is 3. The summed E-state index contributed by atoms with van der Waals surface area (Å²) in [4.78, 5) is 26.6. The summed E-state index contributed by atoms with van der Waals surface area (Å²) in [7, 11) is 2.96. The van der Waals surface area contributed by atoms with Crippen molar-refractivity contribution in [2.24, 2.45) is 7.05 Å². The first-order chi connectivity index (χ1) is 9.11. The van der Waals surface area contributed by atoms with Gasteiger partial charge in [0, 0.05) is 19.0 Å². The molecular weight excluding hydrogens is 268 g/mol.